The molecule has 0 spiro atoms. The average Bonchev–Trinajstić information content (AvgIpc) is 3.33. The number of rotatable bonds is 5. The van der Waals surface area contributed by atoms with E-state index < -0.39 is 11.8 Å². The van der Waals surface area contributed by atoms with Gasteiger partial charge in [0.15, 0.2) is 0 Å². The molecule has 2 amide bonds. The number of nitrogens with zero attached hydrogens (tertiary/aromatic N) is 1. The summed E-state index contributed by atoms with van der Waals surface area (Å²) in [5.41, 5.74) is 2.74. The van der Waals surface area contributed by atoms with Gasteiger partial charge in [0.2, 0.25) is 0 Å². The first-order valence-electron chi connectivity index (χ1n) is 7.72. The topological polar surface area (TPSA) is 96.8 Å². The van der Waals surface area contributed by atoms with E-state index in [1.807, 2.05) is 0 Å². The molecule has 7 nitrogen and oxygen atoms in total. The highest BCUT2D eigenvalue weighted by Crippen LogP contribution is 2.31. The van der Waals surface area contributed by atoms with Gasteiger partial charge in [-0.15, -0.1) is 0 Å². The van der Waals surface area contributed by atoms with E-state index in [2.05, 4.69) is 15.8 Å². The summed E-state index contributed by atoms with van der Waals surface area (Å²) in [6.07, 6.45) is 2.74. The molecule has 0 saturated heterocycles. The van der Waals surface area contributed by atoms with Crippen LogP contribution in [0.25, 0.3) is 11.3 Å². The minimum absolute atomic E-state index is 0.102. The minimum Gasteiger partial charge on any atom is -0.467 e. The molecular formula is C18H13Cl2N3O4. The maximum atomic E-state index is 11.7. The van der Waals surface area contributed by atoms with Crippen LogP contribution in [-0.4, -0.2) is 18.0 Å². The van der Waals surface area contributed by atoms with Gasteiger partial charge in [-0.3, -0.25) is 9.59 Å². The zero-order valence-electron chi connectivity index (χ0n) is 13.7. The average molecular weight is 406 g/mol. The van der Waals surface area contributed by atoms with Gasteiger partial charge in [-0.1, -0.05) is 23.2 Å². The number of hydrogen-bond donors (Lipinski definition) is 2. The van der Waals surface area contributed by atoms with Crippen molar-refractivity contribution >= 4 is 41.2 Å². The van der Waals surface area contributed by atoms with Crippen LogP contribution in [0, 0.1) is 0 Å². The molecule has 27 heavy (non-hydrogen) atoms. The summed E-state index contributed by atoms with van der Waals surface area (Å²) in [5.74, 6) is -0.372. The summed E-state index contributed by atoms with van der Waals surface area (Å²) in [6, 6.07) is 11.7. The molecule has 0 aliphatic carbocycles. The summed E-state index contributed by atoms with van der Waals surface area (Å²) in [6.45, 7) is 0.102. The van der Waals surface area contributed by atoms with Crippen molar-refractivity contribution in [2.45, 2.75) is 6.54 Å². The van der Waals surface area contributed by atoms with Crippen molar-refractivity contribution in [2.24, 2.45) is 5.10 Å². The van der Waals surface area contributed by atoms with Crippen LogP contribution in [0.1, 0.15) is 11.5 Å². The Balaban J connectivity index is 1.55. The third-order valence-electron chi connectivity index (χ3n) is 3.39. The third-order valence-corrected chi connectivity index (χ3v) is 3.95. The van der Waals surface area contributed by atoms with Crippen molar-refractivity contribution in [2.75, 3.05) is 0 Å². The van der Waals surface area contributed by atoms with Gasteiger partial charge in [-0.2, -0.15) is 5.10 Å². The summed E-state index contributed by atoms with van der Waals surface area (Å²) in [4.78, 5) is 23.3. The molecule has 0 radical (unpaired) electrons. The van der Waals surface area contributed by atoms with Crippen molar-refractivity contribution in [3.8, 4) is 11.3 Å². The zero-order valence-corrected chi connectivity index (χ0v) is 15.3. The second-order valence-electron chi connectivity index (χ2n) is 5.29. The fourth-order valence-corrected chi connectivity index (χ4v) is 2.50. The van der Waals surface area contributed by atoms with Crippen molar-refractivity contribution in [3.63, 3.8) is 0 Å². The number of benzene rings is 1. The van der Waals surface area contributed by atoms with Gasteiger partial charge >= 0.3 is 11.8 Å². The Morgan fingerprint density at radius 1 is 1.11 bits per heavy atom. The Bertz CT molecular complexity index is 980. The molecule has 3 rings (SSSR count). The van der Waals surface area contributed by atoms with Gasteiger partial charge in [0.1, 0.15) is 17.3 Å². The molecule has 1 aromatic carbocycles. The van der Waals surface area contributed by atoms with Gasteiger partial charge in [0.05, 0.1) is 24.0 Å². The quantitative estimate of drug-likeness (QED) is 0.384. The predicted molar refractivity (Wildman–Crippen MR) is 100 cm³/mol. The van der Waals surface area contributed by atoms with Crippen molar-refractivity contribution in [1.82, 2.24) is 10.7 Å². The molecule has 0 aliphatic rings. The van der Waals surface area contributed by atoms with Crippen LogP contribution in [0.3, 0.4) is 0 Å². The van der Waals surface area contributed by atoms with E-state index in [9.17, 15) is 9.59 Å². The summed E-state index contributed by atoms with van der Waals surface area (Å²) in [7, 11) is 0. The second kappa shape index (κ2) is 8.57. The number of halogens is 2. The molecule has 0 aliphatic heterocycles. The minimum atomic E-state index is -0.914. The molecule has 2 N–H and O–H groups in total. The molecular weight excluding hydrogens is 393 g/mol. The van der Waals surface area contributed by atoms with Crippen LogP contribution in [-0.2, 0) is 16.1 Å². The number of carbonyl (C=O) groups excluding carboxylic acids is 2. The first-order chi connectivity index (χ1) is 13.0. The largest absolute Gasteiger partial charge is 0.467 e. The lowest BCUT2D eigenvalue weighted by Crippen LogP contribution is -2.37. The number of hydrogen-bond acceptors (Lipinski definition) is 5. The maximum Gasteiger partial charge on any atom is 0.329 e. The number of furan rings is 2. The highest BCUT2D eigenvalue weighted by Gasteiger charge is 2.13. The van der Waals surface area contributed by atoms with Crippen LogP contribution >= 0.6 is 23.2 Å². The van der Waals surface area contributed by atoms with Crippen molar-refractivity contribution in [3.05, 3.63) is 70.3 Å². The second-order valence-corrected chi connectivity index (χ2v) is 6.13. The van der Waals surface area contributed by atoms with Gasteiger partial charge in [0.25, 0.3) is 0 Å². The molecule has 0 bridgehead atoms. The molecule has 138 valence electrons. The van der Waals surface area contributed by atoms with Crippen LogP contribution in [0.15, 0.2) is 62.7 Å². The lowest BCUT2D eigenvalue weighted by molar-refractivity contribution is -0.139. The molecule has 0 saturated carbocycles. The van der Waals surface area contributed by atoms with E-state index in [0.29, 0.717) is 32.9 Å². The van der Waals surface area contributed by atoms with Crippen LogP contribution in [0.4, 0.5) is 0 Å². The summed E-state index contributed by atoms with van der Waals surface area (Å²) < 4.78 is 10.6. The molecule has 2 aromatic heterocycles. The predicted octanol–water partition coefficient (Wildman–Crippen LogP) is 3.61. The highest BCUT2D eigenvalue weighted by atomic mass is 35.5. The Labute approximate surface area is 163 Å². The number of nitrogens with one attached hydrogen (secondary N) is 2. The van der Waals surface area contributed by atoms with E-state index in [1.165, 1.54) is 12.5 Å². The van der Waals surface area contributed by atoms with Crippen molar-refractivity contribution < 1.29 is 18.4 Å². The third kappa shape index (κ3) is 4.99. The monoisotopic (exact) mass is 405 g/mol. The van der Waals surface area contributed by atoms with E-state index in [1.54, 1.807) is 42.5 Å². The zero-order chi connectivity index (χ0) is 19.2. The van der Waals surface area contributed by atoms with E-state index in [-0.39, 0.29) is 6.54 Å². The molecule has 9 heteroatoms. The standard InChI is InChI=1S/C18H13Cl2N3O4/c19-11-3-5-15(20)14(8-11)16-6-4-13(27-16)10-22-23-18(25)17(24)21-9-12-2-1-7-26-12/h1-8,10H,9H2,(H,21,24)(H,23,25)/b22-10+. The fraction of sp³-hybridized carbons (Fsp3) is 0.0556. The van der Waals surface area contributed by atoms with E-state index >= 15 is 0 Å². The van der Waals surface area contributed by atoms with Gasteiger partial charge < -0.3 is 14.2 Å². The molecule has 0 atom stereocenters. The number of amides is 2. The fourth-order valence-electron chi connectivity index (χ4n) is 2.12. The maximum absolute atomic E-state index is 11.7. The Hall–Kier alpha value is -3.03. The highest BCUT2D eigenvalue weighted by molar-refractivity contribution is 6.35. The van der Waals surface area contributed by atoms with Gasteiger partial charge in [-0.25, -0.2) is 5.43 Å². The van der Waals surface area contributed by atoms with Crippen LogP contribution in [0.2, 0.25) is 10.0 Å². The van der Waals surface area contributed by atoms with Crippen LogP contribution < -0.4 is 10.7 Å². The Kier molecular flexibility index (Phi) is 5.95. The first kappa shape index (κ1) is 18.8. The normalized spacial score (nSPS) is 10.9. The molecule has 2 heterocycles. The van der Waals surface area contributed by atoms with E-state index in [0.717, 1.165) is 0 Å². The lowest BCUT2D eigenvalue weighted by atomic mass is 10.2. The van der Waals surface area contributed by atoms with Crippen LogP contribution in [0.5, 0.6) is 0 Å². The van der Waals surface area contributed by atoms with Gasteiger partial charge in [0, 0.05) is 10.6 Å². The Morgan fingerprint density at radius 2 is 1.96 bits per heavy atom. The molecule has 0 unspecified atom stereocenters. The van der Waals surface area contributed by atoms with E-state index in [4.69, 9.17) is 32.0 Å². The Morgan fingerprint density at radius 3 is 2.74 bits per heavy atom. The van der Waals surface area contributed by atoms with Gasteiger partial charge in [-0.05, 0) is 42.5 Å². The summed E-state index contributed by atoms with van der Waals surface area (Å²) >= 11 is 12.1. The number of carbonyl (C=O) groups is 2. The summed E-state index contributed by atoms with van der Waals surface area (Å²) in [5, 5.41) is 7.10. The smallest absolute Gasteiger partial charge is 0.329 e. The molecule has 3 aromatic rings. The SMILES string of the molecule is O=C(NCc1ccco1)C(=O)N/N=C/c1ccc(-c2cc(Cl)ccc2Cl)o1. The first-order valence-corrected chi connectivity index (χ1v) is 8.47. The number of hydrazone groups is 1. The molecule has 0 fully saturated rings. The van der Waals surface area contributed by atoms with Crippen molar-refractivity contribution in [1.29, 1.82) is 0 Å². The lowest BCUT2D eigenvalue weighted by Gasteiger charge is -2.01.